The lowest BCUT2D eigenvalue weighted by atomic mass is 9.96. The summed E-state index contributed by atoms with van der Waals surface area (Å²) >= 11 is 3.37. The highest BCUT2D eigenvalue weighted by Crippen LogP contribution is 2.27. The van der Waals surface area contributed by atoms with Crippen LogP contribution in [0, 0.1) is 0 Å². The number of nitrogens with one attached hydrogen (secondary N) is 2. The molecule has 1 amide bonds. The number of carbonyl (C=O) groups is 1. The van der Waals surface area contributed by atoms with Gasteiger partial charge in [-0.05, 0) is 34.1 Å². The maximum absolute atomic E-state index is 12.1. The van der Waals surface area contributed by atoms with Crippen molar-refractivity contribution in [3.05, 3.63) is 34.3 Å². The fourth-order valence-electron chi connectivity index (χ4n) is 1.63. The third-order valence-corrected chi connectivity index (χ3v) is 3.43. The lowest BCUT2D eigenvalue weighted by Crippen LogP contribution is -2.16. The van der Waals surface area contributed by atoms with Crippen molar-refractivity contribution in [3.8, 4) is 5.75 Å². The first kappa shape index (κ1) is 15.5. The summed E-state index contributed by atoms with van der Waals surface area (Å²) < 4.78 is 5.90. The fourth-order valence-corrected chi connectivity index (χ4v) is 2.17. The van der Waals surface area contributed by atoms with Crippen molar-refractivity contribution in [3.63, 3.8) is 0 Å². The number of ether oxygens (including phenoxy) is 1. The molecule has 0 aliphatic carbocycles. The number of nitrogens with zero attached hydrogens (tertiary/aromatic N) is 2. The first-order valence-corrected chi connectivity index (χ1v) is 7.18. The van der Waals surface area contributed by atoms with Crippen LogP contribution in [0.1, 0.15) is 37.2 Å². The monoisotopic (exact) mass is 352 g/mol. The Bertz CT molecular complexity index is 661. The zero-order chi connectivity index (χ0) is 15.6. The molecule has 0 atom stereocenters. The van der Waals surface area contributed by atoms with Crippen molar-refractivity contribution in [2.75, 3.05) is 12.4 Å². The lowest BCUT2D eigenvalue weighted by molar-refractivity contribution is 0.101. The minimum Gasteiger partial charge on any atom is -0.496 e. The number of benzene rings is 1. The Morgan fingerprint density at radius 2 is 2.10 bits per heavy atom. The van der Waals surface area contributed by atoms with Gasteiger partial charge in [0.15, 0.2) is 0 Å². The first-order valence-electron chi connectivity index (χ1n) is 6.39. The molecule has 2 rings (SSSR count). The highest BCUT2D eigenvalue weighted by Gasteiger charge is 2.21. The summed E-state index contributed by atoms with van der Waals surface area (Å²) in [5.74, 6) is 1.12. The molecule has 0 saturated carbocycles. The minimum atomic E-state index is -0.362. The second-order valence-corrected chi connectivity index (χ2v) is 6.42. The molecule has 7 heteroatoms. The van der Waals surface area contributed by atoms with Crippen LogP contribution < -0.4 is 10.1 Å². The Morgan fingerprint density at radius 3 is 2.62 bits per heavy atom. The molecular weight excluding hydrogens is 336 g/mol. The van der Waals surface area contributed by atoms with Gasteiger partial charge in [0, 0.05) is 11.1 Å². The molecule has 21 heavy (non-hydrogen) atoms. The van der Waals surface area contributed by atoms with Crippen LogP contribution in [0.3, 0.4) is 0 Å². The molecule has 0 aliphatic rings. The van der Waals surface area contributed by atoms with Crippen molar-refractivity contribution in [1.82, 2.24) is 15.2 Å². The summed E-state index contributed by atoms with van der Waals surface area (Å²) in [6.07, 6.45) is 0. The number of hydrogen-bond acceptors (Lipinski definition) is 4. The van der Waals surface area contributed by atoms with Gasteiger partial charge in [-0.15, -0.1) is 5.10 Å². The average molecular weight is 353 g/mol. The third kappa shape index (κ3) is 3.60. The summed E-state index contributed by atoms with van der Waals surface area (Å²) in [4.78, 5) is 16.3. The molecule has 112 valence electrons. The Balaban J connectivity index is 2.14. The Hall–Kier alpha value is -1.89. The van der Waals surface area contributed by atoms with Gasteiger partial charge in [0.25, 0.3) is 5.91 Å². The molecule has 0 aliphatic heterocycles. The molecule has 6 nitrogen and oxygen atoms in total. The lowest BCUT2D eigenvalue weighted by Gasteiger charge is -2.12. The first-order chi connectivity index (χ1) is 9.81. The van der Waals surface area contributed by atoms with Crippen LogP contribution in [0.15, 0.2) is 22.7 Å². The predicted octanol–water partition coefficient (Wildman–Crippen LogP) is 3.13. The molecule has 0 bridgehead atoms. The molecule has 1 heterocycles. The molecule has 2 aromatic rings. The SMILES string of the molecule is COc1ccc(NC(=O)c2n[nH]c(C(C)(C)C)n2)cc1Br. The van der Waals surface area contributed by atoms with Gasteiger partial charge < -0.3 is 10.1 Å². The number of aromatic amines is 1. The number of methoxy groups -OCH3 is 1. The maximum Gasteiger partial charge on any atom is 0.295 e. The zero-order valence-corrected chi connectivity index (χ0v) is 13.9. The van der Waals surface area contributed by atoms with E-state index < -0.39 is 0 Å². The Morgan fingerprint density at radius 1 is 1.38 bits per heavy atom. The van der Waals surface area contributed by atoms with Gasteiger partial charge in [0.1, 0.15) is 11.6 Å². The van der Waals surface area contributed by atoms with E-state index in [0.29, 0.717) is 17.3 Å². The molecule has 0 saturated heterocycles. The Kier molecular flexibility index (Phi) is 4.32. The van der Waals surface area contributed by atoms with E-state index in [2.05, 4.69) is 36.4 Å². The van der Waals surface area contributed by atoms with Gasteiger partial charge in [0.05, 0.1) is 11.6 Å². The van der Waals surface area contributed by atoms with Gasteiger partial charge in [-0.2, -0.15) is 0 Å². The average Bonchev–Trinajstić information content (AvgIpc) is 2.88. The van der Waals surface area contributed by atoms with Crippen LogP contribution in [-0.2, 0) is 5.41 Å². The largest absolute Gasteiger partial charge is 0.496 e. The van der Waals surface area contributed by atoms with Crippen LogP contribution in [0.2, 0.25) is 0 Å². The zero-order valence-electron chi connectivity index (χ0n) is 12.3. The minimum absolute atomic E-state index is 0.117. The summed E-state index contributed by atoms with van der Waals surface area (Å²) in [6.45, 7) is 5.99. The van der Waals surface area contributed by atoms with E-state index >= 15 is 0 Å². The maximum atomic E-state index is 12.1. The highest BCUT2D eigenvalue weighted by molar-refractivity contribution is 9.10. The number of aromatic nitrogens is 3. The van der Waals surface area contributed by atoms with E-state index in [4.69, 9.17) is 4.74 Å². The predicted molar refractivity (Wildman–Crippen MR) is 83.7 cm³/mol. The van der Waals surface area contributed by atoms with Crippen molar-refractivity contribution >= 4 is 27.5 Å². The molecule has 2 N–H and O–H groups in total. The summed E-state index contributed by atoms with van der Waals surface area (Å²) in [7, 11) is 1.58. The van der Waals surface area contributed by atoms with E-state index in [0.717, 1.165) is 4.47 Å². The van der Waals surface area contributed by atoms with Gasteiger partial charge in [-0.3, -0.25) is 9.89 Å². The van der Waals surface area contributed by atoms with Gasteiger partial charge >= 0.3 is 0 Å². The number of hydrogen-bond donors (Lipinski definition) is 2. The van der Waals surface area contributed by atoms with E-state index in [1.165, 1.54) is 0 Å². The number of amides is 1. The molecule has 0 fully saturated rings. The summed E-state index contributed by atoms with van der Waals surface area (Å²) in [5, 5.41) is 9.49. The van der Waals surface area contributed by atoms with Crippen molar-refractivity contribution in [2.45, 2.75) is 26.2 Å². The van der Waals surface area contributed by atoms with Gasteiger partial charge in [-0.25, -0.2) is 4.98 Å². The van der Waals surface area contributed by atoms with E-state index in [9.17, 15) is 4.79 Å². The van der Waals surface area contributed by atoms with Crippen molar-refractivity contribution < 1.29 is 9.53 Å². The van der Waals surface area contributed by atoms with Gasteiger partial charge in [0.2, 0.25) is 5.82 Å². The summed E-state index contributed by atoms with van der Waals surface area (Å²) in [5.41, 5.74) is 0.448. The quantitative estimate of drug-likeness (QED) is 0.889. The van der Waals surface area contributed by atoms with Crippen LogP contribution in [-0.4, -0.2) is 28.2 Å². The van der Waals surface area contributed by atoms with Crippen LogP contribution in [0.25, 0.3) is 0 Å². The normalized spacial score (nSPS) is 11.3. The van der Waals surface area contributed by atoms with Gasteiger partial charge in [-0.1, -0.05) is 20.8 Å². The molecule has 0 radical (unpaired) electrons. The van der Waals surface area contributed by atoms with Crippen LogP contribution in [0.4, 0.5) is 5.69 Å². The number of H-pyrrole nitrogens is 1. The number of carbonyl (C=O) groups excluding carboxylic acids is 1. The van der Waals surface area contributed by atoms with E-state index in [-0.39, 0.29) is 17.1 Å². The number of halogens is 1. The van der Waals surface area contributed by atoms with Crippen molar-refractivity contribution in [1.29, 1.82) is 0 Å². The molecular formula is C14H17BrN4O2. The molecule has 0 spiro atoms. The number of rotatable bonds is 3. The smallest absolute Gasteiger partial charge is 0.295 e. The number of anilines is 1. The Labute approximate surface area is 131 Å². The molecule has 1 aromatic carbocycles. The summed E-state index contributed by atoms with van der Waals surface area (Å²) in [6, 6.07) is 5.27. The van der Waals surface area contributed by atoms with Crippen LogP contribution in [0.5, 0.6) is 5.75 Å². The second-order valence-electron chi connectivity index (χ2n) is 5.56. The molecule has 0 unspecified atom stereocenters. The van der Waals surface area contributed by atoms with Crippen molar-refractivity contribution in [2.24, 2.45) is 0 Å². The molecule has 1 aromatic heterocycles. The van der Waals surface area contributed by atoms with E-state index in [1.807, 2.05) is 20.8 Å². The third-order valence-electron chi connectivity index (χ3n) is 2.81. The van der Waals surface area contributed by atoms with Crippen LogP contribution >= 0.6 is 15.9 Å². The fraction of sp³-hybridized carbons (Fsp3) is 0.357. The second kappa shape index (κ2) is 5.85. The highest BCUT2D eigenvalue weighted by atomic mass is 79.9. The van der Waals surface area contributed by atoms with E-state index in [1.54, 1.807) is 25.3 Å². The topological polar surface area (TPSA) is 79.9 Å². The standard InChI is InChI=1S/C14H17BrN4O2/c1-14(2,3)13-17-11(18-19-13)12(20)16-8-5-6-10(21-4)9(15)7-8/h5-7H,1-4H3,(H,16,20)(H,17,18,19).